The first-order valence-corrected chi connectivity index (χ1v) is 3.06. The molecule has 0 aromatic heterocycles. The Labute approximate surface area is 50.7 Å². The highest BCUT2D eigenvalue weighted by atomic mass is 35.5. The van der Waals surface area contributed by atoms with Crippen molar-refractivity contribution in [3.8, 4) is 0 Å². The Balaban J connectivity index is 4.10. The van der Waals surface area contributed by atoms with Crippen LogP contribution in [0.15, 0.2) is 0 Å². The number of rotatable bonds is 1. The molecule has 0 radical (unpaired) electrons. The Morgan fingerprint density at radius 3 is 1.57 bits per heavy atom. The second-order valence-electron chi connectivity index (χ2n) is 0.630. The summed E-state index contributed by atoms with van der Waals surface area (Å²) >= 11 is 8.90. The fraction of sp³-hybridized carbons (Fsp3) is 0. The third-order valence-corrected chi connectivity index (χ3v) is 1.52. The van der Waals surface area contributed by atoms with Gasteiger partial charge in [-0.15, -0.1) is 0 Å². The maximum absolute atomic E-state index is 9.44. The largest absolute Gasteiger partial charge is 0.733 e. The molecule has 0 aliphatic rings. The van der Waals surface area contributed by atoms with E-state index in [2.05, 4.69) is 23.6 Å². The van der Waals surface area contributed by atoms with Crippen LogP contribution in [-0.2, 0) is 10.3 Å². The normalized spacial score (nSPS) is 12.6. The Kier molecular flexibility index (Phi) is 2.28. The van der Waals surface area contributed by atoms with Gasteiger partial charge in [0.05, 0.1) is 0 Å². The molecule has 0 atom stereocenters. The molecule has 0 spiro atoms. The lowest BCUT2D eigenvalue weighted by atomic mass is 13.9. The first kappa shape index (κ1) is 7.45. The lowest BCUT2D eigenvalue weighted by Gasteiger charge is -2.06. The molecule has 0 fully saturated rings. The van der Waals surface area contributed by atoms with Crippen molar-refractivity contribution < 1.29 is 13.0 Å². The van der Waals surface area contributed by atoms with Crippen LogP contribution < -0.4 is 0 Å². The van der Waals surface area contributed by atoms with Crippen molar-refractivity contribution in [3.05, 3.63) is 0 Å². The highest BCUT2D eigenvalue weighted by Gasteiger charge is 2.00. The van der Waals surface area contributed by atoms with Crippen LogP contribution in [0.2, 0.25) is 0 Å². The minimum Gasteiger partial charge on any atom is -0.733 e. The summed E-state index contributed by atoms with van der Waals surface area (Å²) in [5.74, 6) is 0. The molecular weight excluding hydrogens is 165 g/mol. The van der Waals surface area contributed by atoms with Crippen LogP contribution in [0.5, 0.6) is 0 Å². The van der Waals surface area contributed by atoms with Gasteiger partial charge in [-0.05, 0) is 3.34 Å². The zero-order chi connectivity index (χ0) is 6.08. The molecule has 0 rings (SSSR count). The van der Waals surface area contributed by atoms with Crippen LogP contribution in [0, 0.1) is 0 Å². The molecule has 0 saturated heterocycles. The van der Waals surface area contributed by atoms with Gasteiger partial charge in [-0.3, -0.25) is 0 Å². The average molecular weight is 165 g/mol. The first-order valence-electron chi connectivity index (χ1n) is 1.02. The average Bonchev–Trinajstić information content (AvgIpc) is 1.31. The molecular formula is Cl2NO3S-. The molecule has 0 heterocycles. The minimum absolute atomic E-state index is 0.451. The Morgan fingerprint density at radius 2 is 1.57 bits per heavy atom. The van der Waals surface area contributed by atoms with E-state index >= 15 is 0 Å². The van der Waals surface area contributed by atoms with Crippen molar-refractivity contribution in [2.45, 2.75) is 0 Å². The predicted octanol–water partition coefficient (Wildman–Crippen LogP) is 0.0562. The van der Waals surface area contributed by atoms with Crippen LogP contribution in [0.1, 0.15) is 0 Å². The third-order valence-electron chi connectivity index (χ3n) is 0.169. The molecule has 4 nitrogen and oxygen atoms in total. The molecule has 0 aliphatic carbocycles. The number of hydrogen-bond acceptors (Lipinski definition) is 3. The van der Waals surface area contributed by atoms with Gasteiger partial charge in [-0.2, -0.15) is 0 Å². The van der Waals surface area contributed by atoms with Crippen molar-refractivity contribution in [3.63, 3.8) is 0 Å². The van der Waals surface area contributed by atoms with Gasteiger partial charge in [0.1, 0.15) is 0 Å². The van der Waals surface area contributed by atoms with E-state index < -0.39 is 13.6 Å². The molecule has 0 aromatic rings. The summed E-state index contributed by atoms with van der Waals surface area (Å²) in [4.78, 5) is 0. The van der Waals surface area contributed by atoms with Crippen LogP contribution in [-0.4, -0.2) is 16.3 Å². The zero-order valence-electron chi connectivity index (χ0n) is 2.84. The maximum atomic E-state index is 9.44. The van der Waals surface area contributed by atoms with E-state index in [4.69, 9.17) is 0 Å². The van der Waals surface area contributed by atoms with Crippen LogP contribution in [0.25, 0.3) is 0 Å². The van der Waals surface area contributed by atoms with Gasteiger partial charge in [-0.25, -0.2) is 8.42 Å². The molecule has 0 aromatic carbocycles. The third kappa shape index (κ3) is 3.07. The summed E-state index contributed by atoms with van der Waals surface area (Å²) in [5.41, 5.74) is 0. The molecule has 0 N–H and O–H groups in total. The lowest BCUT2D eigenvalue weighted by molar-refractivity contribution is 0.444. The van der Waals surface area contributed by atoms with E-state index in [1.807, 2.05) is 0 Å². The molecule has 7 heteroatoms. The summed E-state index contributed by atoms with van der Waals surface area (Å²) in [6.45, 7) is 0. The van der Waals surface area contributed by atoms with Gasteiger partial charge in [0.15, 0.2) is 10.3 Å². The summed E-state index contributed by atoms with van der Waals surface area (Å²) in [6, 6.07) is 0. The summed E-state index contributed by atoms with van der Waals surface area (Å²) in [6.07, 6.45) is 0. The van der Waals surface area contributed by atoms with E-state index in [1.54, 1.807) is 0 Å². The smallest absolute Gasteiger partial charge is 0.190 e. The van der Waals surface area contributed by atoms with Gasteiger partial charge in [0, 0.05) is 23.6 Å². The zero-order valence-corrected chi connectivity index (χ0v) is 5.16. The Hall–Kier alpha value is 0.450. The molecule has 0 saturated carbocycles. The quantitative estimate of drug-likeness (QED) is 0.407. The van der Waals surface area contributed by atoms with Gasteiger partial charge < -0.3 is 4.55 Å². The fourth-order valence-electron chi connectivity index (χ4n) is 0. The van der Waals surface area contributed by atoms with Gasteiger partial charge in [0.2, 0.25) is 0 Å². The fourth-order valence-corrected chi connectivity index (χ4v) is 0. The standard InChI is InChI=1S/Cl2HNO3S/c1-3(2)7(4,5)6/h(H,4,5,6)/p-1. The van der Waals surface area contributed by atoms with E-state index in [-0.39, 0.29) is 0 Å². The van der Waals surface area contributed by atoms with E-state index in [1.165, 1.54) is 0 Å². The minimum atomic E-state index is -4.63. The summed E-state index contributed by atoms with van der Waals surface area (Å²) in [5, 5.41) is 0. The van der Waals surface area contributed by atoms with Gasteiger partial charge >= 0.3 is 0 Å². The second-order valence-corrected chi connectivity index (χ2v) is 3.10. The predicted molar refractivity (Wildman–Crippen MR) is 23.2 cm³/mol. The molecule has 7 heavy (non-hydrogen) atoms. The first-order chi connectivity index (χ1) is 2.94. The molecule has 0 amide bonds. The van der Waals surface area contributed by atoms with Crippen molar-refractivity contribution in [1.82, 2.24) is 3.34 Å². The highest BCUT2D eigenvalue weighted by Crippen LogP contribution is 2.03. The van der Waals surface area contributed by atoms with Crippen molar-refractivity contribution in [2.75, 3.05) is 0 Å². The van der Waals surface area contributed by atoms with E-state index in [9.17, 15) is 13.0 Å². The highest BCUT2D eigenvalue weighted by molar-refractivity contribution is 7.85. The molecule has 0 bridgehead atoms. The van der Waals surface area contributed by atoms with E-state index in [0.29, 0.717) is 0 Å². The van der Waals surface area contributed by atoms with Crippen LogP contribution in [0.4, 0.5) is 0 Å². The number of hydrogen-bond donors (Lipinski definition) is 0. The SMILES string of the molecule is O=S(=O)([O-])N(Cl)Cl. The molecule has 44 valence electrons. The van der Waals surface area contributed by atoms with Crippen LogP contribution in [0.3, 0.4) is 0 Å². The van der Waals surface area contributed by atoms with Crippen molar-refractivity contribution in [1.29, 1.82) is 0 Å². The second kappa shape index (κ2) is 2.15. The molecule has 0 aliphatic heterocycles. The van der Waals surface area contributed by atoms with Crippen molar-refractivity contribution in [2.24, 2.45) is 0 Å². The van der Waals surface area contributed by atoms with Crippen LogP contribution >= 0.6 is 23.6 Å². The summed E-state index contributed by atoms with van der Waals surface area (Å²) < 4.78 is 27.9. The van der Waals surface area contributed by atoms with Crippen molar-refractivity contribution >= 4 is 33.9 Å². The Bertz CT molecular complexity index is 135. The topological polar surface area (TPSA) is 60.4 Å². The van der Waals surface area contributed by atoms with Gasteiger partial charge in [-0.1, -0.05) is 0 Å². The van der Waals surface area contributed by atoms with E-state index in [0.717, 1.165) is 0 Å². The summed E-state index contributed by atoms with van der Waals surface area (Å²) in [7, 11) is -4.63. The van der Waals surface area contributed by atoms with Gasteiger partial charge in [0.25, 0.3) is 0 Å². The lowest BCUT2D eigenvalue weighted by Crippen LogP contribution is -2.09. The Morgan fingerprint density at radius 1 is 1.43 bits per heavy atom. The monoisotopic (exact) mass is 164 g/mol. The number of nitrogens with zero attached hydrogens (tertiary/aromatic N) is 1. The molecule has 0 unspecified atom stereocenters. The maximum Gasteiger partial charge on any atom is 0.190 e. The number of halogens is 2.